The first-order valence-electron chi connectivity index (χ1n) is 9.63. The second kappa shape index (κ2) is 9.22. The molecule has 0 amide bonds. The molecule has 1 aromatic heterocycles. The van der Waals surface area contributed by atoms with Crippen molar-refractivity contribution >= 4 is 5.96 Å². The first-order valence-corrected chi connectivity index (χ1v) is 9.63. The van der Waals surface area contributed by atoms with Crippen LogP contribution in [0.15, 0.2) is 4.99 Å². The summed E-state index contributed by atoms with van der Waals surface area (Å²) in [5.74, 6) is 1.63. The van der Waals surface area contributed by atoms with Crippen LogP contribution in [0.2, 0.25) is 0 Å². The van der Waals surface area contributed by atoms with E-state index in [1.165, 1.54) is 43.7 Å². The predicted molar refractivity (Wildman–Crippen MR) is 105 cm³/mol. The second-order valence-corrected chi connectivity index (χ2v) is 7.43. The Morgan fingerprint density at radius 3 is 2.76 bits per heavy atom. The molecule has 0 spiro atoms. The van der Waals surface area contributed by atoms with Crippen LogP contribution in [-0.4, -0.2) is 59.9 Å². The van der Waals surface area contributed by atoms with E-state index in [4.69, 9.17) is 0 Å². The van der Waals surface area contributed by atoms with E-state index < -0.39 is 0 Å². The quantitative estimate of drug-likeness (QED) is 0.583. The number of hydrogen-bond donors (Lipinski definition) is 2. The van der Waals surface area contributed by atoms with Gasteiger partial charge in [0.15, 0.2) is 5.96 Å². The van der Waals surface area contributed by atoms with Gasteiger partial charge in [0.1, 0.15) is 0 Å². The molecule has 0 saturated carbocycles. The summed E-state index contributed by atoms with van der Waals surface area (Å²) < 4.78 is 1.96. The fourth-order valence-electron chi connectivity index (χ4n) is 3.74. The third-order valence-electron chi connectivity index (χ3n) is 5.24. The van der Waals surface area contributed by atoms with Crippen molar-refractivity contribution in [3.8, 4) is 0 Å². The molecule has 6 heteroatoms. The summed E-state index contributed by atoms with van der Waals surface area (Å²) in [4.78, 5) is 6.96. The fraction of sp³-hybridized carbons (Fsp3) is 0.789. The van der Waals surface area contributed by atoms with Crippen LogP contribution in [0.4, 0.5) is 0 Å². The molecule has 0 aromatic carbocycles. The Hall–Kier alpha value is -1.56. The van der Waals surface area contributed by atoms with Gasteiger partial charge >= 0.3 is 0 Å². The summed E-state index contributed by atoms with van der Waals surface area (Å²) >= 11 is 0. The number of likely N-dealkylation sites (tertiary alicyclic amines) is 1. The van der Waals surface area contributed by atoms with Crippen LogP contribution in [0, 0.1) is 19.8 Å². The van der Waals surface area contributed by atoms with E-state index >= 15 is 0 Å². The van der Waals surface area contributed by atoms with Crippen LogP contribution in [0.5, 0.6) is 0 Å². The molecule has 0 aliphatic carbocycles. The molecule has 0 bridgehead atoms. The second-order valence-electron chi connectivity index (χ2n) is 7.43. The number of aliphatic imine (C=N–C) groups is 1. The lowest BCUT2D eigenvalue weighted by Crippen LogP contribution is -2.45. The normalized spacial score (nSPS) is 20.1. The van der Waals surface area contributed by atoms with E-state index in [2.05, 4.69) is 53.3 Å². The maximum Gasteiger partial charge on any atom is 0.191 e. The van der Waals surface area contributed by atoms with Crippen molar-refractivity contribution in [2.75, 3.05) is 33.2 Å². The van der Waals surface area contributed by atoms with Gasteiger partial charge in [-0.15, -0.1) is 0 Å². The maximum atomic E-state index is 4.51. The van der Waals surface area contributed by atoms with Gasteiger partial charge in [-0.1, -0.05) is 6.92 Å². The molecule has 1 fully saturated rings. The minimum atomic E-state index is 0.313. The number of rotatable bonds is 7. The molecule has 1 aromatic rings. The molecule has 2 unspecified atom stereocenters. The average molecular weight is 349 g/mol. The summed E-state index contributed by atoms with van der Waals surface area (Å²) in [5.41, 5.74) is 3.71. The van der Waals surface area contributed by atoms with E-state index in [1.54, 1.807) is 0 Å². The zero-order chi connectivity index (χ0) is 18.4. The monoisotopic (exact) mass is 348 g/mol. The lowest BCUT2D eigenvalue weighted by Gasteiger charge is -2.20. The van der Waals surface area contributed by atoms with Gasteiger partial charge in [0, 0.05) is 38.9 Å². The Balaban J connectivity index is 1.79. The Kier molecular flexibility index (Phi) is 7.29. The van der Waals surface area contributed by atoms with Gasteiger partial charge in [0.05, 0.1) is 5.69 Å². The Bertz CT molecular complexity index is 577. The SMILES string of the molecule is CCCN1CCC(CNC(=NC)NC(C)Cc2c(C)nn(C)c2C)C1. The number of nitrogens with zero attached hydrogens (tertiary/aromatic N) is 4. The number of nitrogens with one attached hydrogen (secondary N) is 2. The summed E-state index contributed by atoms with van der Waals surface area (Å²) in [6.07, 6.45) is 3.49. The predicted octanol–water partition coefficient (Wildman–Crippen LogP) is 1.86. The zero-order valence-corrected chi connectivity index (χ0v) is 16.9. The summed E-state index contributed by atoms with van der Waals surface area (Å²) in [7, 11) is 3.86. The highest BCUT2D eigenvalue weighted by Gasteiger charge is 2.22. The Morgan fingerprint density at radius 2 is 2.16 bits per heavy atom. The van der Waals surface area contributed by atoms with Crippen LogP contribution in [0.3, 0.4) is 0 Å². The minimum absolute atomic E-state index is 0.313. The van der Waals surface area contributed by atoms with Gasteiger partial charge in [-0.25, -0.2) is 0 Å². The average Bonchev–Trinajstić information content (AvgIpc) is 3.11. The maximum absolute atomic E-state index is 4.51. The van der Waals surface area contributed by atoms with Crippen molar-refractivity contribution in [1.82, 2.24) is 25.3 Å². The number of hydrogen-bond acceptors (Lipinski definition) is 3. The molecular formula is C19H36N6. The minimum Gasteiger partial charge on any atom is -0.356 e. The lowest BCUT2D eigenvalue weighted by atomic mass is 10.1. The molecule has 2 heterocycles. The van der Waals surface area contributed by atoms with Crippen LogP contribution in [0.1, 0.15) is 43.6 Å². The largest absolute Gasteiger partial charge is 0.356 e. The van der Waals surface area contributed by atoms with Gasteiger partial charge in [-0.3, -0.25) is 9.67 Å². The zero-order valence-electron chi connectivity index (χ0n) is 16.9. The van der Waals surface area contributed by atoms with Crippen LogP contribution in [0.25, 0.3) is 0 Å². The highest BCUT2D eigenvalue weighted by atomic mass is 15.3. The van der Waals surface area contributed by atoms with E-state index in [9.17, 15) is 0 Å². The van der Waals surface area contributed by atoms with Crippen molar-refractivity contribution in [3.63, 3.8) is 0 Å². The molecule has 2 N–H and O–H groups in total. The van der Waals surface area contributed by atoms with Gasteiger partial charge in [0.25, 0.3) is 0 Å². The summed E-state index contributed by atoms with van der Waals surface area (Å²) in [6.45, 7) is 13.4. The van der Waals surface area contributed by atoms with E-state index in [0.29, 0.717) is 6.04 Å². The fourth-order valence-corrected chi connectivity index (χ4v) is 3.74. The van der Waals surface area contributed by atoms with Crippen molar-refractivity contribution < 1.29 is 0 Å². The highest BCUT2D eigenvalue weighted by molar-refractivity contribution is 5.79. The lowest BCUT2D eigenvalue weighted by molar-refractivity contribution is 0.324. The van der Waals surface area contributed by atoms with Crippen LogP contribution < -0.4 is 10.6 Å². The van der Waals surface area contributed by atoms with E-state index in [-0.39, 0.29) is 0 Å². The standard InChI is InChI=1S/C19H36N6/c1-7-9-25-10-8-17(13-25)12-21-19(20-5)22-14(2)11-18-15(3)23-24(6)16(18)4/h14,17H,7-13H2,1-6H3,(H2,20,21,22). The van der Waals surface area contributed by atoms with Crippen LogP contribution in [-0.2, 0) is 13.5 Å². The van der Waals surface area contributed by atoms with Gasteiger partial charge in [0.2, 0.25) is 0 Å². The summed E-state index contributed by atoms with van der Waals surface area (Å²) in [6, 6.07) is 0.313. The molecule has 2 atom stereocenters. The van der Waals surface area contributed by atoms with Gasteiger partial charge in [-0.2, -0.15) is 5.10 Å². The Morgan fingerprint density at radius 1 is 1.40 bits per heavy atom. The molecule has 1 aliphatic heterocycles. The van der Waals surface area contributed by atoms with Crippen LogP contribution >= 0.6 is 0 Å². The molecule has 25 heavy (non-hydrogen) atoms. The third kappa shape index (κ3) is 5.46. The molecular weight excluding hydrogens is 312 g/mol. The first kappa shape index (κ1) is 19.8. The molecule has 1 saturated heterocycles. The van der Waals surface area contributed by atoms with E-state index in [1.807, 2.05) is 18.8 Å². The number of guanidine groups is 1. The Labute approximate surface area is 153 Å². The number of aromatic nitrogens is 2. The third-order valence-corrected chi connectivity index (χ3v) is 5.24. The van der Waals surface area contributed by atoms with Crippen molar-refractivity contribution in [2.45, 2.75) is 53.0 Å². The van der Waals surface area contributed by atoms with Crippen molar-refractivity contribution in [3.05, 3.63) is 17.0 Å². The van der Waals surface area contributed by atoms with Crippen molar-refractivity contribution in [1.29, 1.82) is 0 Å². The van der Waals surface area contributed by atoms with Gasteiger partial charge in [-0.05, 0) is 64.6 Å². The number of aryl methyl sites for hydroxylation is 2. The smallest absolute Gasteiger partial charge is 0.191 e. The van der Waals surface area contributed by atoms with Gasteiger partial charge < -0.3 is 15.5 Å². The topological polar surface area (TPSA) is 57.5 Å². The van der Waals surface area contributed by atoms with Crippen molar-refractivity contribution in [2.24, 2.45) is 18.0 Å². The molecule has 1 aliphatic rings. The highest BCUT2D eigenvalue weighted by Crippen LogP contribution is 2.16. The van der Waals surface area contributed by atoms with E-state index in [0.717, 1.165) is 30.5 Å². The molecule has 142 valence electrons. The molecule has 6 nitrogen and oxygen atoms in total. The summed E-state index contributed by atoms with van der Waals surface area (Å²) in [5, 5.41) is 11.6. The molecule has 0 radical (unpaired) electrons. The first-order chi connectivity index (χ1) is 11.9. The molecule has 2 rings (SSSR count).